The van der Waals surface area contributed by atoms with Crippen molar-refractivity contribution in [2.24, 2.45) is 5.73 Å². The minimum absolute atomic E-state index is 0.0902. The van der Waals surface area contributed by atoms with Gasteiger partial charge in [0.25, 0.3) is 0 Å². The van der Waals surface area contributed by atoms with Gasteiger partial charge in [-0.25, -0.2) is 0 Å². The molecule has 0 amide bonds. The van der Waals surface area contributed by atoms with E-state index in [4.69, 9.17) is 10.5 Å². The molecule has 1 aromatic rings. The molecule has 0 radical (unpaired) electrons. The van der Waals surface area contributed by atoms with Gasteiger partial charge in [-0.1, -0.05) is 17.7 Å². The van der Waals surface area contributed by atoms with Gasteiger partial charge in [-0.05, 0) is 44.4 Å². The van der Waals surface area contributed by atoms with Gasteiger partial charge in [0, 0.05) is 6.04 Å². The quantitative estimate of drug-likeness (QED) is 0.744. The lowest BCUT2D eigenvalue weighted by atomic mass is 10.0. The molecule has 2 nitrogen and oxygen atoms in total. The number of hydrogen-bond acceptors (Lipinski definition) is 2. The smallest absolute Gasteiger partial charge is 0.119 e. The Morgan fingerprint density at radius 2 is 2.00 bits per heavy atom. The molecule has 0 saturated carbocycles. The lowest BCUT2D eigenvalue weighted by Gasteiger charge is -2.12. The number of hydrogen-bond donors (Lipinski definition) is 1. The minimum atomic E-state index is 0.0902. The van der Waals surface area contributed by atoms with Crippen molar-refractivity contribution < 1.29 is 4.74 Å². The normalized spacial score (nSPS) is 12.2. The largest absolute Gasteiger partial charge is 0.494 e. The molecular weight excluding hydrogens is 198 g/mol. The summed E-state index contributed by atoms with van der Waals surface area (Å²) in [5.41, 5.74) is 8.42. The van der Waals surface area contributed by atoms with Gasteiger partial charge in [0.15, 0.2) is 0 Å². The van der Waals surface area contributed by atoms with E-state index >= 15 is 0 Å². The molecule has 0 aliphatic carbocycles. The summed E-state index contributed by atoms with van der Waals surface area (Å²) in [6, 6.07) is 8.11. The highest BCUT2D eigenvalue weighted by molar-refractivity contribution is 5.29. The van der Waals surface area contributed by atoms with Gasteiger partial charge in [0.2, 0.25) is 0 Å². The zero-order valence-corrected chi connectivity index (χ0v) is 10.2. The molecule has 0 saturated heterocycles. The van der Waals surface area contributed by atoms with E-state index in [1.165, 1.54) is 5.57 Å². The maximum absolute atomic E-state index is 6.09. The van der Waals surface area contributed by atoms with Gasteiger partial charge in [0.05, 0.1) is 6.61 Å². The second-order valence-corrected chi connectivity index (χ2v) is 4.10. The Balaban J connectivity index is 2.55. The van der Waals surface area contributed by atoms with Gasteiger partial charge in [-0.15, -0.1) is 6.58 Å². The Morgan fingerprint density at radius 1 is 1.38 bits per heavy atom. The van der Waals surface area contributed by atoms with Crippen LogP contribution in [0.15, 0.2) is 36.4 Å². The first-order chi connectivity index (χ1) is 7.63. The first-order valence-corrected chi connectivity index (χ1v) is 5.76. The van der Waals surface area contributed by atoms with Crippen molar-refractivity contribution in [1.29, 1.82) is 0 Å². The highest BCUT2D eigenvalue weighted by Gasteiger charge is 2.05. The number of benzene rings is 1. The standard InChI is InChI=1S/C14H21NO/c1-4-16-13-8-6-12(7-9-13)14(15)10-5-11(2)3/h6-9,14H,2,4-5,10,15H2,1,3H3. The van der Waals surface area contributed by atoms with Crippen LogP contribution in [0.2, 0.25) is 0 Å². The monoisotopic (exact) mass is 219 g/mol. The molecule has 1 aromatic carbocycles. The maximum Gasteiger partial charge on any atom is 0.119 e. The lowest BCUT2D eigenvalue weighted by molar-refractivity contribution is 0.340. The molecule has 2 N–H and O–H groups in total. The third-order valence-corrected chi connectivity index (χ3v) is 2.50. The lowest BCUT2D eigenvalue weighted by Crippen LogP contribution is -2.10. The molecule has 0 spiro atoms. The Morgan fingerprint density at radius 3 is 2.50 bits per heavy atom. The Labute approximate surface area is 98.1 Å². The molecule has 0 aliphatic rings. The minimum Gasteiger partial charge on any atom is -0.494 e. The van der Waals surface area contributed by atoms with Gasteiger partial charge >= 0.3 is 0 Å². The van der Waals surface area contributed by atoms with Gasteiger partial charge in [-0.2, -0.15) is 0 Å². The molecule has 88 valence electrons. The Kier molecular flexibility index (Phi) is 5.06. The van der Waals surface area contributed by atoms with Crippen LogP contribution in [0.5, 0.6) is 5.75 Å². The number of allylic oxidation sites excluding steroid dienone is 1. The topological polar surface area (TPSA) is 35.2 Å². The molecule has 0 aromatic heterocycles. The van der Waals surface area contributed by atoms with Crippen LogP contribution in [-0.2, 0) is 0 Å². The van der Waals surface area contributed by atoms with Crippen LogP contribution in [0, 0.1) is 0 Å². The fraction of sp³-hybridized carbons (Fsp3) is 0.429. The summed E-state index contributed by atoms with van der Waals surface area (Å²) in [5.74, 6) is 0.901. The first-order valence-electron chi connectivity index (χ1n) is 5.76. The maximum atomic E-state index is 6.09. The zero-order valence-electron chi connectivity index (χ0n) is 10.2. The Hall–Kier alpha value is -1.28. The summed E-state index contributed by atoms with van der Waals surface area (Å²) < 4.78 is 5.38. The third kappa shape index (κ3) is 4.07. The van der Waals surface area contributed by atoms with E-state index in [-0.39, 0.29) is 6.04 Å². The van der Waals surface area contributed by atoms with Crippen LogP contribution in [-0.4, -0.2) is 6.61 Å². The van der Waals surface area contributed by atoms with Crippen LogP contribution < -0.4 is 10.5 Å². The summed E-state index contributed by atoms with van der Waals surface area (Å²) in [4.78, 5) is 0. The van der Waals surface area contributed by atoms with Crippen LogP contribution in [0.1, 0.15) is 38.3 Å². The van der Waals surface area contributed by atoms with E-state index < -0.39 is 0 Å². The van der Waals surface area contributed by atoms with Crippen molar-refractivity contribution in [3.63, 3.8) is 0 Å². The fourth-order valence-electron chi connectivity index (χ4n) is 1.55. The van der Waals surface area contributed by atoms with Crippen LogP contribution in [0.4, 0.5) is 0 Å². The predicted molar refractivity (Wildman–Crippen MR) is 68.6 cm³/mol. The summed E-state index contributed by atoms with van der Waals surface area (Å²) in [5, 5.41) is 0. The molecule has 1 atom stereocenters. The van der Waals surface area contributed by atoms with E-state index in [1.54, 1.807) is 0 Å². The molecular formula is C14H21NO. The van der Waals surface area contributed by atoms with Gasteiger partial charge in [-0.3, -0.25) is 0 Å². The second kappa shape index (κ2) is 6.33. The number of rotatable bonds is 6. The number of ether oxygens (including phenoxy) is 1. The molecule has 16 heavy (non-hydrogen) atoms. The summed E-state index contributed by atoms with van der Waals surface area (Å²) >= 11 is 0. The molecule has 1 rings (SSSR count). The second-order valence-electron chi connectivity index (χ2n) is 4.10. The zero-order chi connectivity index (χ0) is 12.0. The van der Waals surface area contributed by atoms with Gasteiger partial charge < -0.3 is 10.5 Å². The van der Waals surface area contributed by atoms with Crippen molar-refractivity contribution in [2.75, 3.05) is 6.61 Å². The Bertz CT molecular complexity index is 329. The van der Waals surface area contributed by atoms with Crippen molar-refractivity contribution >= 4 is 0 Å². The van der Waals surface area contributed by atoms with Crippen molar-refractivity contribution in [3.05, 3.63) is 42.0 Å². The molecule has 0 bridgehead atoms. The van der Waals surface area contributed by atoms with E-state index in [0.29, 0.717) is 6.61 Å². The van der Waals surface area contributed by atoms with E-state index in [1.807, 2.05) is 38.1 Å². The SMILES string of the molecule is C=C(C)CCC(N)c1ccc(OCC)cc1. The van der Waals surface area contributed by atoms with Crippen LogP contribution in [0.25, 0.3) is 0 Å². The fourth-order valence-corrected chi connectivity index (χ4v) is 1.55. The molecule has 2 heteroatoms. The highest BCUT2D eigenvalue weighted by atomic mass is 16.5. The first kappa shape index (κ1) is 12.8. The average molecular weight is 219 g/mol. The molecule has 1 unspecified atom stereocenters. The number of nitrogens with two attached hydrogens (primary N) is 1. The van der Waals surface area contributed by atoms with Crippen LogP contribution in [0.3, 0.4) is 0 Å². The molecule has 0 heterocycles. The predicted octanol–water partition coefficient (Wildman–Crippen LogP) is 3.44. The summed E-state index contributed by atoms with van der Waals surface area (Å²) in [6.07, 6.45) is 1.93. The highest BCUT2D eigenvalue weighted by Crippen LogP contribution is 2.20. The van der Waals surface area contributed by atoms with E-state index in [2.05, 4.69) is 6.58 Å². The molecule has 0 fully saturated rings. The van der Waals surface area contributed by atoms with E-state index in [0.717, 1.165) is 24.2 Å². The van der Waals surface area contributed by atoms with Gasteiger partial charge in [0.1, 0.15) is 5.75 Å². The molecule has 0 aliphatic heterocycles. The van der Waals surface area contributed by atoms with Crippen LogP contribution >= 0.6 is 0 Å². The van der Waals surface area contributed by atoms with Crippen molar-refractivity contribution in [2.45, 2.75) is 32.7 Å². The van der Waals surface area contributed by atoms with E-state index in [9.17, 15) is 0 Å². The third-order valence-electron chi connectivity index (χ3n) is 2.50. The van der Waals surface area contributed by atoms with Crippen molar-refractivity contribution in [1.82, 2.24) is 0 Å². The van der Waals surface area contributed by atoms with Crippen molar-refractivity contribution in [3.8, 4) is 5.75 Å². The summed E-state index contributed by atoms with van der Waals surface area (Å²) in [7, 11) is 0. The summed E-state index contributed by atoms with van der Waals surface area (Å²) in [6.45, 7) is 8.59. The average Bonchev–Trinajstić information content (AvgIpc) is 2.27.